The SMILES string of the molecule is COC(=O)CCn1c(C)cc(C(=O)COC(=O)c2ccc([N+](=O)[O-])cc2)c1C. The van der Waals surface area contributed by atoms with E-state index in [4.69, 9.17) is 4.74 Å². The van der Waals surface area contributed by atoms with Crippen LogP contribution in [0, 0.1) is 24.0 Å². The number of nitrogens with zero attached hydrogens (tertiary/aromatic N) is 2. The molecule has 0 N–H and O–H groups in total. The first-order chi connectivity index (χ1) is 13.2. The summed E-state index contributed by atoms with van der Waals surface area (Å²) in [5.74, 6) is -1.48. The molecule has 0 radical (unpaired) electrons. The van der Waals surface area contributed by atoms with E-state index in [0.717, 1.165) is 5.69 Å². The number of methoxy groups -OCH3 is 1. The number of hydrogen-bond acceptors (Lipinski definition) is 7. The first-order valence-electron chi connectivity index (χ1n) is 8.43. The number of non-ortho nitro benzene ring substituents is 1. The van der Waals surface area contributed by atoms with Crippen LogP contribution in [-0.4, -0.2) is 40.9 Å². The number of aromatic nitrogens is 1. The molecule has 1 heterocycles. The van der Waals surface area contributed by atoms with Gasteiger partial charge in [0.05, 0.1) is 24.0 Å². The number of carbonyl (C=O) groups excluding carboxylic acids is 3. The number of Topliss-reactive ketones (excluding diaryl/α,β-unsaturated/α-hetero) is 1. The number of ketones is 1. The maximum absolute atomic E-state index is 12.4. The quantitative estimate of drug-likeness (QED) is 0.295. The van der Waals surface area contributed by atoms with Crippen molar-refractivity contribution in [3.05, 3.63) is 63.0 Å². The lowest BCUT2D eigenvalue weighted by molar-refractivity contribution is -0.384. The number of hydrogen-bond donors (Lipinski definition) is 0. The Morgan fingerprint density at radius 2 is 1.79 bits per heavy atom. The molecule has 0 aliphatic heterocycles. The summed E-state index contributed by atoms with van der Waals surface area (Å²) in [6, 6.07) is 6.59. The summed E-state index contributed by atoms with van der Waals surface area (Å²) < 4.78 is 11.5. The maximum Gasteiger partial charge on any atom is 0.338 e. The lowest BCUT2D eigenvalue weighted by Crippen LogP contribution is -2.15. The van der Waals surface area contributed by atoms with Gasteiger partial charge in [-0.2, -0.15) is 0 Å². The van der Waals surface area contributed by atoms with E-state index in [9.17, 15) is 24.5 Å². The fourth-order valence-electron chi connectivity index (χ4n) is 2.74. The van der Waals surface area contributed by atoms with Crippen LogP contribution in [0.3, 0.4) is 0 Å². The normalized spacial score (nSPS) is 10.4. The average Bonchev–Trinajstić information content (AvgIpc) is 2.97. The van der Waals surface area contributed by atoms with Crippen molar-refractivity contribution < 1.29 is 28.8 Å². The number of esters is 2. The van der Waals surface area contributed by atoms with Crippen molar-refractivity contribution in [3.63, 3.8) is 0 Å². The number of benzene rings is 1. The van der Waals surface area contributed by atoms with E-state index in [0.29, 0.717) is 17.8 Å². The van der Waals surface area contributed by atoms with E-state index >= 15 is 0 Å². The largest absolute Gasteiger partial charge is 0.469 e. The summed E-state index contributed by atoms with van der Waals surface area (Å²) >= 11 is 0. The van der Waals surface area contributed by atoms with Crippen molar-refractivity contribution in [1.29, 1.82) is 0 Å². The van der Waals surface area contributed by atoms with Crippen molar-refractivity contribution in [2.24, 2.45) is 0 Å². The van der Waals surface area contributed by atoms with Crippen LogP contribution < -0.4 is 0 Å². The molecule has 0 fully saturated rings. The predicted octanol–water partition coefficient (Wildman–Crippen LogP) is 2.62. The van der Waals surface area contributed by atoms with Crippen LogP contribution in [0.25, 0.3) is 0 Å². The molecule has 28 heavy (non-hydrogen) atoms. The summed E-state index contributed by atoms with van der Waals surface area (Å²) in [4.78, 5) is 45.8. The van der Waals surface area contributed by atoms with E-state index in [1.165, 1.54) is 31.4 Å². The topological polar surface area (TPSA) is 118 Å². The summed E-state index contributed by atoms with van der Waals surface area (Å²) in [7, 11) is 1.31. The second kappa shape index (κ2) is 8.94. The van der Waals surface area contributed by atoms with Crippen molar-refractivity contribution in [3.8, 4) is 0 Å². The lowest BCUT2D eigenvalue weighted by Gasteiger charge is -2.09. The molecule has 148 valence electrons. The van der Waals surface area contributed by atoms with Gasteiger partial charge in [0, 0.05) is 35.6 Å². The van der Waals surface area contributed by atoms with Gasteiger partial charge in [0.25, 0.3) is 5.69 Å². The van der Waals surface area contributed by atoms with Gasteiger partial charge >= 0.3 is 11.9 Å². The number of rotatable bonds is 8. The van der Waals surface area contributed by atoms with Crippen LogP contribution in [0.2, 0.25) is 0 Å². The Kier molecular flexibility index (Phi) is 6.64. The molecule has 0 saturated heterocycles. The number of carbonyl (C=O) groups is 3. The van der Waals surface area contributed by atoms with Crippen LogP contribution in [0.4, 0.5) is 5.69 Å². The molecule has 9 heteroatoms. The van der Waals surface area contributed by atoms with E-state index < -0.39 is 17.5 Å². The Labute approximate surface area is 161 Å². The average molecular weight is 388 g/mol. The van der Waals surface area contributed by atoms with Crippen LogP contribution in [-0.2, 0) is 20.8 Å². The van der Waals surface area contributed by atoms with Crippen molar-refractivity contribution in [2.75, 3.05) is 13.7 Å². The van der Waals surface area contributed by atoms with Crippen molar-refractivity contribution >= 4 is 23.4 Å². The number of nitro benzene ring substituents is 1. The van der Waals surface area contributed by atoms with Gasteiger partial charge in [-0.25, -0.2) is 4.79 Å². The molecule has 0 bridgehead atoms. The van der Waals surface area contributed by atoms with E-state index in [1.807, 2.05) is 11.5 Å². The second-order valence-corrected chi connectivity index (χ2v) is 6.07. The molecule has 0 unspecified atom stereocenters. The number of aryl methyl sites for hydroxylation is 1. The summed E-state index contributed by atoms with van der Waals surface area (Å²) in [5, 5.41) is 10.6. The van der Waals surface area contributed by atoms with Gasteiger partial charge < -0.3 is 14.0 Å². The third-order valence-electron chi connectivity index (χ3n) is 4.29. The zero-order chi connectivity index (χ0) is 20.8. The Morgan fingerprint density at radius 1 is 1.14 bits per heavy atom. The molecule has 0 saturated carbocycles. The van der Waals surface area contributed by atoms with Gasteiger partial charge in [0.15, 0.2) is 6.61 Å². The first-order valence-corrected chi connectivity index (χ1v) is 8.43. The molecule has 2 aromatic rings. The summed E-state index contributed by atoms with van der Waals surface area (Å²) in [6.07, 6.45) is 0.176. The molecule has 9 nitrogen and oxygen atoms in total. The highest BCUT2D eigenvalue weighted by Gasteiger charge is 2.19. The molecule has 0 aliphatic rings. The zero-order valence-corrected chi connectivity index (χ0v) is 15.8. The summed E-state index contributed by atoms with van der Waals surface area (Å²) in [6.45, 7) is 3.47. The highest BCUT2D eigenvalue weighted by atomic mass is 16.6. The van der Waals surface area contributed by atoms with Crippen LogP contribution in [0.5, 0.6) is 0 Å². The maximum atomic E-state index is 12.4. The standard InChI is InChI=1S/C19H20N2O7/c1-12-10-16(13(2)20(12)9-8-18(23)27-3)17(22)11-28-19(24)14-4-6-15(7-5-14)21(25)26/h4-7,10H,8-9,11H2,1-3H3. The molecule has 0 atom stereocenters. The Balaban J connectivity index is 2.01. The van der Waals surface area contributed by atoms with Gasteiger partial charge in [-0.1, -0.05) is 0 Å². The van der Waals surface area contributed by atoms with E-state index in [-0.39, 0.29) is 29.4 Å². The van der Waals surface area contributed by atoms with Crippen LogP contribution in [0.1, 0.15) is 38.5 Å². The van der Waals surface area contributed by atoms with Gasteiger partial charge in [-0.05, 0) is 32.0 Å². The third-order valence-corrected chi connectivity index (χ3v) is 4.29. The van der Waals surface area contributed by atoms with Gasteiger partial charge in [-0.15, -0.1) is 0 Å². The fraction of sp³-hybridized carbons (Fsp3) is 0.316. The predicted molar refractivity (Wildman–Crippen MR) is 98.2 cm³/mol. The number of ether oxygens (including phenoxy) is 2. The highest BCUT2D eigenvalue weighted by Crippen LogP contribution is 2.17. The Bertz CT molecular complexity index is 913. The number of nitro groups is 1. The molecule has 2 rings (SSSR count). The van der Waals surface area contributed by atoms with Crippen LogP contribution >= 0.6 is 0 Å². The van der Waals surface area contributed by atoms with Crippen LogP contribution in [0.15, 0.2) is 30.3 Å². The minimum atomic E-state index is -0.747. The van der Waals surface area contributed by atoms with E-state index in [2.05, 4.69) is 4.74 Å². The minimum Gasteiger partial charge on any atom is -0.469 e. The Morgan fingerprint density at radius 3 is 2.36 bits per heavy atom. The Hall–Kier alpha value is -3.49. The van der Waals surface area contributed by atoms with Gasteiger partial charge in [0.1, 0.15) is 0 Å². The molecule has 1 aromatic heterocycles. The van der Waals surface area contributed by atoms with Crippen molar-refractivity contribution in [2.45, 2.75) is 26.8 Å². The third kappa shape index (κ3) is 4.81. The monoisotopic (exact) mass is 388 g/mol. The van der Waals surface area contributed by atoms with Gasteiger partial charge in [0.2, 0.25) is 5.78 Å². The molecular formula is C19H20N2O7. The molecule has 0 aliphatic carbocycles. The molecule has 0 spiro atoms. The van der Waals surface area contributed by atoms with Gasteiger partial charge in [-0.3, -0.25) is 19.7 Å². The first kappa shape index (κ1) is 20.8. The minimum absolute atomic E-state index is 0.113. The zero-order valence-electron chi connectivity index (χ0n) is 15.8. The smallest absolute Gasteiger partial charge is 0.338 e. The molecular weight excluding hydrogens is 368 g/mol. The second-order valence-electron chi connectivity index (χ2n) is 6.07. The summed E-state index contributed by atoms with van der Waals surface area (Å²) in [5.41, 5.74) is 1.83. The van der Waals surface area contributed by atoms with Crippen molar-refractivity contribution in [1.82, 2.24) is 4.57 Å². The van der Waals surface area contributed by atoms with E-state index in [1.54, 1.807) is 13.0 Å². The fourth-order valence-corrected chi connectivity index (χ4v) is 2.74. The molecule has 0 amide bonds. The lowest BCUT2D eigenvalue weighted by atomic mass is 10.1. The highest BCUT2D eigenvalue weighted by molar-refractivity contribution is 6.00. The molecule has 1 aromatic carbocycles.